The zero-order chi connectivity index (χ0) is 33.3. The predicted octanol–water partition coefficient (Wildman–Crippen LogP) is 8.47. The van der Waals surface area contributed by atoms with E-state index < -0.39 is 23.4 Å². The summed E-state index contributed by atoms with van der Waals surface area (Å²) in [6, 6.07) is 0. The van der Waals surface area contributed by atoms with Crippen LogP contribution in [0.2, 0.25) is 0 Å². The average molecular weight is 601 g/mol. The van der Waals surface area contributed by atoms with E-state index in [1.54, 1.807) is 13.8 Å². The molecule has 2 rings (SSSR count). The van der Waals surface area contributed by atoms with E-state index in [1.165, 1.54) is 0 Å². The Kier molecular flexibility index (Phi) is 13.0. The summed E-state index contributed by atoms with van der Waals surface area (Å²) in [4.78, 5) is 0. The minimum absolute atomic E-state index is 0.310. The van der Waals surface area contributed by atoms with E-state index in [0.29, 0.717) is 25.7 Å². The van der Waals surface area contributed by atoms with Gasteiger partial charge in [-0.1, -0.05) is 99.6 Å². The molecule has 0 saturated heterocycles. The number of rotatable bonds is 8. The Morgan fingerprint density at radius 1 is 0.545 bits per heavy atom. The van der Waals surface area contributed by atoms with Crippen LogP contribution >= 0.6 is 0 Å². The molecule has 0 bridgehead atoms. The normalized spacial score (nSPS) is 30.2. The van der Waals surface area contributed by atoms with E-state index in [9.17, 15) is 20.4 Å². The summed E-state index contributed by atoms with van der Waals surface area (Å²) < 4.78 is 0. The summed E-state index contributed by atoms with van der Waals surface area (Å²) in [6.45, 7) is 19.8. The number of allylic oxidation sites excluding steroid dienone is 14. The highest BCUT2D eigenvalue weighted by atomic mass is 16.3. The van der Waals surface area contributed by atoms with Gasteiger partial charge in [-0.3, -0.25) is 0 Å². The lowest BCUT2D eigenvalue weighted by Crippen LogP contribution is -2.45. The molecule has 4 nitrogen and oxygen atoms in total. The van der Waals surface area contributed by atoms with Crippen LogP contribution in [0.25, 0.3) is 0 Å². The molecule has 0 aromatic rings. The van der Waals surface area contributed by atoms with Crippen molar-refractivity contribution in [1.29, 1.82) is 0 Å². The molecule has 2 saturated carbocycles. The van der Waals surface area contributed by atoms with Crippen molar-refractivity contribution in [3.63, 3.8) is 0 Å². The van der Waals surface area contributed by atoms with Crippen molar-refractivity contribution in [2.45, 2.75) is 118 Å². The Morgan fingerprint density at radius 2 is 0.864 bits per heavy atom. The highest BCUT2D eigenvalue weighted by Gasteiger charge is 2.45. The third-order valence-electron chi connectivity index (χ3n) is 8.34. The fraction of sp³-hybridized carbons (Fsp3) is 0.500. The van der Waals surface area contributed by atoms with Gasteiger partial charge in [-0.15, -0.1) is 11.5 Å². The van der Waals surface area contributed by atoms with Crippen LogP contribution in [0.4, 0.5) is 0 Å². The van der Waals surface area contributed by atoms with E-state index in [0.717, 1.165) is 33.4 Å². The van der Waals surface area contributed by atoms with Crippen molar-refractivity contribution in [3.8, 4) is 0 Å². The molecule has 4 unspecified atom stereocenters. The van der Waals surface area contributed by atoms with Crippen LogP contribution in [0.5, 0.6) is 0 Å². The molecule has 0 aliphatic heterocycles. The highest BCUT2D eigenvalue weighted by molar-refractivity contribution is 5.34. The van der Waals surface area contributed by atoms with Gasteiger partial charge >= 0.3 is 0 Å². The Balaban J connectivity index is 2.00. The van der Waals surface area contributed by atoms with E-state index in [1.807, 2.05) is 90.2 Å². The molecule has 0 spiro atoms. The number of aliphatic hydroxyl groups is 4. The topological polar surface area (TPSA) is 80.9 Å². The SMILES string of the molecule is C\C(C=C=C1C(C)(C)CC(O)CC1(C)O)=C/C=C/C(C)=C/C=C/C=C(C)/C=C/C=C(\C)C=C=C1C(C)(C)CC(O)CC1(C)O. The van der Waals surface area contributed by atoms with Gasteiger partial charge in [0.15, 0.2) is 0 Å². The van der Waals surface area contributed by atoms with Gasteiger partial charge in [0.05, 0.1) is 23.4 Å². The van der Waals surface area contributed by atoms with Crippen LogP contribution in [0, 0.1) is 10.8 Å². The van der Waals surface area contributed by atoms with Crippen molar-refractivity contribution >= 4 is 0 Å². The molecule has 2 aliphatic rings. The van der Waals surface area contributed by atoms with Gasteiger partial charge in [-0.25, -0.2) is 0 Å². The Labute approximate surface area is 267 Å². The first-order valence-electron chi connectivity index (χ1n) is 15.7. The second kappa shape index (κ2) is 15.4. The second-order valence-electron chi connectivity index (χ2n) is 14.5. The minimum atomic E-state index is -1.06. The zero-order valence-electron chi connectivity index (χ0n) is 28.7. The van der Waals surface area contributed by atoms with Crippen LogP contribution in [-0.4, -0.2) is 43.8 Å². The third kappa shape index (κ3) is 11.5. The molecule has 0 amide bonds. The summed E-state index contributed by atoms with van der Waals surface area (Å²) in [5.74, 6) is 0. The highest BCUT2D eigenvalue weighted by Crippen LogP contribution is 2.46. The lowest BCUT2D eigenvalue weighted by molar-refractivity contribution is -0.0277. The summed E-state index contributed by atoms with van der Waals surface area (Å²) >= 11 is 0. The molecule has 4 N–H and O–H groups in total. The predicted molar refractivity (Wildman–Crippen MR) is 185 cm³/mol. The quantitative estimate of drug-likeness (QED) is 0.166. The molecule has 240 valence electrons. The van der Waals surface area contributed by atoms with Crippen molar-refractivity contribution < 1.29 is 20.4 Å². The van der Waals surface area contributed by atoms with E-state index in [4.69, 9.17) is 0 Å². The number of hydrogen-bond donors (Lipinski definition) is 4. The molecule has 4 atom stereocenters. The fourth-order valence-electron chi connectivity index (χ4n) is 6.51. The monoisotopic (exact) mass is 600 g/mol. The Morgan fingerprint density at radius 3 is 1.18 bits per heavy atom. The van der Waals surface area contributed by atoms with Gasteiger partial charge in [0.25, 0.3) is 0 Å². The first kappa shape index (κ1) is 37.2. The number of hydrogen-bond acceptors (Lipinski definition) is 4. The van der Waals surface area contributed by atoms with Crippen molar-refractivity contribution in [1.82, 2.24) is 0 Å². The summed E-state index contributed by atoms with van der Waals surface area (Å²) in [5, 5.41) is 41.9. The maximum absolute atomic E-state index is 10.8. The lowest BCUT2D eigenvalue weighted by atomic mass is 9.65. The van der Waals surface area contributed by atoms with E-state index >= 15 is 0 Å². The summed E-state index contributed by atoms with van der Waals surface area (Å²) in [7, 11) is 0. The summed E-state index contributed by atoms with van der Waals surface area (Å²) in [5.41, 5.74) is 9.88. The van der Waals surface area contributed by atoms with Crippen molar-refractivity contribution in [2.24, 2.45) is 10.8 Å². The van der Waals surface area contributed by atoms with Gasteiger partial charge < -0.3 is 20.4 Å². The Bertz CT molecular complexity index is 1240. The van der Waals surface area contributed by atoms with Crippen LogP contribution in [-0.2, 0) is 0 Å². The smallest absolute Gasteiger partial charge is 0.0931 e. The minimum Gasteiger partial charge on any atom is -0.393 e. The van der Waals surface area contributed by atoms with Gasteiger partial charge in [0.1, 0.15) is 0 Å². The first-order valence-corrected chi connectivity index (χ1v) is 15.7. The maximum Gasteiger partial charge on any atom is 0.0931 e. The molecule has 0 aromatic carbocycles. The second-order valence-corrected chi connectivity index (χ2v) is 14.5. The van der Waals surface area contributed by atoms with E-state index in [-0.39, 0.29) is 10.8 Å². The molecule has 4 heteroatoms. The number of aliphatic hydroxyl groups excluding tert-OH is 2. The largest absolute Gasteiger partial charge is 0.393 e. The van der Waals surface area contributed by atoms with Gasteiger partial charge in [-0.05, 0) is 88.5 Å². The first-order chi connectivity index (χ1) is 20.2. The van der Waals surface area contributed by atoms with Crippen LogP contribution in [0.3, 0.4) is 0 Å². The lowest BCUT2D eigenvalue weighted by Gasteiger charge is -2.43. The van der Waals surface area contributed by atoms with Crippen molar-refractivity contribution in [2.75, 3.05) is 0 Å². The molecular formula is C40H56O4. The average Bonchev–Trinajstić information content (AvgIpc) is 2.83. The van der Waals surface area contributed by atoms with Gasteiger partial charge in [-0.2, -0.15) is 0 Å². The standard InChI is InChI=1S/C40H56O4/c1-29(17-13-19-31(3)21-23-35-37(5,6)25-33(41)27-39(35,9)43)15-11-12-16-30(2)18-14-20-32(4)22-24-36-38(7,8)26-34(42)28-40(36,10)44/h11-22,33-34,41-44H,25-28H2,1-10H3/b12-11+,17-13+,18-14+,29-15+,30-16+,31-19+,32-20+. The molecule has 0 aromatic heterocycles. The van der Waals surface area contributed by atoms with Crippen molar-refractivity contribution in [3.05, 3.63) is 118 Å². The molecule has 2 fully saturated rings. The van der Waals surface area contributed by atoms with Gasteiger partial charge in [0.2, 0.25) is 0 Å². The van der Waals surface area contributed by atoms with Crippen LogP contribution < -0.4 is 0 Å². The molecule has 0 heterocycles. The van der Waals surface area contributed by atoms with Crippen LogP contribution in [0.1, 0.15) is 94.9 Å². The molecule has 44 heavy (non-hydrogen) atoms. The molecule has 2 aliphatic carbocycles. The van der Waals surface area contributed by atoms with Gasteiger partial charge in [0, 0.05) is 24.0 Å². The fourth-order valence-corrected chi connectivity index (χ4v) is 6.51. The zero-order valence-corrected chi connectivity index (χ0v) is 28.7. The maximum atomic E-state index is 10.8. The third-order valence-corrected chi connectivity index (χ3v) is 8.34. The Hall–Kier alpha value is -2.94. The molecular weight excluding hydrogens is 544 g/mol. The molecule has 0 radical (unpaired) electrons. The summed E-state index contributed by atoms with van der Waals surface area (Å²) in [6.07, 6.45) is 25.0. The van der Waals surface area contributed by atoms with Crippen LogP contribution in [0.15, 0.2) is 118 Å². The van der Waals surface area contributed by atoms with E-state index in [2.05, 4.69) is 49.6 Å².